The molecule has 31 heavy (non-hydrogen) atoms. The van der Waals surface area contributed by atoms with Crippen molar-refractivity contribution in [1.29, 1.82) is 0 Å². The van der Waals surface area contributed by atoms with Crippen LogP contribution in [0.5, 0.6) is 0 Å². The van der Waals surface area contributed by atoms with Crippen molar-refractivity contribution < 1.29 is 29.7 Å². The van der Waals surface area contributed by atoms with Gasteiger partial charge in [0.1, 0.15) is 0 Å². The molecule has 1 aromatic heterocycles. The minimum Gasteiger partial charge on any atom is -0.481 e. The largest absolute Gasteiger partial charge is 0.481 e. The monoisotopic (exact) mass is 437 g/mol. The summed E-state index contributed by atoms with van der Waals surface area (Å²) in [6, 6.07) is 0. The van der Waals surface area contributed by atoms with Crippen molar-refractivity contribution in [3.8, 4) is 0 Å². The molecule has 2 saturated heterocycles. The predicted molar refractivity (Wildman–Crippen MR) is 111 cm³/mol. The third-order valence-corrected chi connectivity index (χ3v) is 5.81. The molecule has 4 rings (SSSR count). The molecule has 0 saturated carbocycles. The number of hydrogen-bond acceptors (Lipinski definition) is 8. The summed E-state index contributed by atoms with van der Waals surface area (Å²) in [4.78, 5) is 41.5. The molecule has 0 aromatic carbocycles. The second kappa shape index (κ2) is 10.0. The van der Waals surface area contributed by atoms with E-state index in [1.54, 1.807) is 0 Å². The maximum absolute atomic E-state index is 12.9. The molecule has 1 unspecified atom stereocenters. The van der Waals surface area contributed by atoms with Crippen LogP contribution in [-0.4, -0.2) is 80.8 Å². The number of hydrogen-bond donors (Lipinski definition) is 5. The van der Waals surface area contributed by atoms with Gasteiger partial charge in [-0.05, 0) is 31.2 Å². The number of aliphatic hydroxyl groups is 1. The molecular formula is C20H31N5O6. The zero-order valence-electron chi connectivity index (χ0n) is 17.9. The zero-order chi connectivity index (χ0) is 23.2. The maximum atomic E-state index is 12.9. The predicted octanol–water partition coefficient (Wildman–Crippen LogP) is -0.371. The molecule has 3 heterocycles. The van der Waals surface area contributed by atoms with E-state index in [2.05, 4.69) is 15.3 Å². The number of anilines is 1. The van der Waals surface area contributed by atoms with Crippen LogP contribution in [0.4, 0.5) is 5.95 Å². The number of aliphatic hydroxyl groups excluding tert-OH is 1. The number of carbonyl (C=O) groups is 3. The van der Waals surface area contributed by atoms with E-state index in [0.717, 1.165) is 57.3 Å². The minimum atomic E-state index is -0.833. The third-order valence-electron chi connectivity index (χ3n) is 5.81. The van der Waals surface area contributed by atoms with Crippen LogP contribution in [0.1, 0.15) is 44.4 Å². The Balaban J connectivity index is 0.000000370. The molecule has 11 heteroatoms. The summed E-state index contributed by atoms with van der Waals surface area (Å²) in [6.45, 7) is 4.65. The number of amides is 1. The Hall–Kier alpha value is -2.79. The minimum absolute atomic E-state index is 0.0771. The zero-order valence-corrected chi connectivity index (χ0v) is 17.9. The molecule has 0 bridgehead atoms. The smallest absolute Gasteiger partial charge is 0.300 e. The Labute approximate surface area is 180 Å². The SMILES string of the molecule is CC(=O)O.CC(=O)O.Nc1ncc2c(n1)C1(CCCN(C(=O)C3(CO)CNC3)C1)CC2. The summed E-state index contributed by atoms with van der Waals surface area (Å²) in [5, 5.41) is 27.6. The molecule has 0 radical (unpaired) electrons. The number of aliphatic carboxylic acids is 2. The number of fused-ring (bicyclic) bond motifs is 2. The molecule has 1 aliphatic carbocycles. The molecule has 1 aromatic rings. The van der Waals surface area contributed by atoms with Gasteiger partial charge in [0.2, 0.25) is 11.9 Å². The Morgan fingerprint density at radius 1 is 1.19 bits per heavy atom. The highest BCUT2D eigenvalue weighted by molar-refractivity contribution is 5.84. The molecule has 3 aliphatic rings. The van der Waals surface area contributed by atoms with Gasteiger partial charge in [0.15, 0.2) is 0 Å². The average Bonchev–Trinajstić information content (AvgIpc) is 2.98. The van der Waals surface area contributed by atoms with Crippen LogP contribution < -0.4 is 11.1 Å². The first-order chi connectivity index (χ1) is 14.5. The average molecular weight is 437 g/mol. The van der Waals surface area contributed by atoms with E-state index >= 15 is 0 Å². The fraction of sp³-hybridized carbons (Fsp3) is 0.650. The number of aromatic nitrogens is 2. The number of carbonyl (C=O) groups excluding carboxylic acids is 1. The fourth-order valence-electron chi connectivity index (χ4n) is 4.35. The van der Waals surface area contributed by atoms with E-state index in [-0.39, 0.29) is 17.9 Å². The summed E-state index contributed by atoms with van der Waals surface area (Å²) < 4.78 is 0. The van der Waals surface area contributed by atoms with E-state index < -0.39 is 17.4 Å². The third kappa shape index (κ3) is 5.67. The van der Waals surface area contributed by atoms with E-state index in [4.69, 9.17) is 25.5 Å². The van der Waals surface area contributed by atoms with Gasteiger partial charge in [-0.15, -0.1) is 0 Å². The van der Waals surface area contributed by atoms with Crippen molar-refractivity contribution in [2.45, 2.75) is 44.9 Å². The van der Waals surface area contributed by atoms with Crippen molar-refractivity contribution in [3.63, 3.8) is 0 Å². The normalized spacial score (nSPS) is 22.7. The molecule has 1 atom stereocenters. The molecule has 1 amide bonds. The quantitative estimate of drug-likeness (QED) is 0.410. The van der Waals surface area contributed by atoms with Gasteiger partial charge < -0.3 is 31.3 Å². The number of carboxylic acid groups (broad SMARTS) is 2. The van der Waals surface area contributed by atoms with Gasteiger partial charge in [-0.1, -0.05) is 0 Å². The Kier molecular flexibility index (Phi) is 7.91. The number of nitrogens with one attached hydrogen (secondary N) is 1. The standard InChI is InChI=1S/C16H23N5O2.2C2H4O2/c17-14-19-6-11-2-4-15(12(11)20-14)3-1-5-21(9-15)13(23)16(10-22)7-18-8-16;2*1-2(3)4/h6,18,22H,1-5,7-10H2,(H2,17,19,20);2*1H3,(H,3,4). The van der Waals surface area contributed by atoms with Crippen LogP contribution in [0, 0.1) is 5.41 Å². The van der Waals surface area contributed by atoms with Crippen LogP contribution in [0.3, 0.4) is 0 Å². The summed E-state index contributed by atoms with van der Waals surface area (Å²) >= 11 is 0. The van der Waals surface area contributed by atoms with Crippen molar-refractivity contribution in [3.05, 3.63) is 17.5 Å². The maximum Gasteiger partial charge on any atom is 0.300 e. The molecule has 2 aliphatic heterocycles. The molecule has 1 spiro atoms. The van der Waals surface area contributed by atoms with E-state index in [9.17, 15) is 9.90 Å². The molecular weight excluding hydrogens is 406 g/mol. The van der Waals surface area contributed by atoms with Crippen molar-refractivity contribution in [2.75, 3.05) is 38.5 Å². The highest BCUT2D eigenvalue weighted by Gasteiger charge is 2.50. The molecule has 172 valence electrons. The first-order valence-electron chi connectivity index (χ1n) is 10.2. The van der Waals surface area contributed by atoms with Crippen molar-refractivity contribution in [2.24, 2.45) is 5.41 Å². The van der Waals surface area contributed by atoms with E-state index in [1.807, 2.05) is 11.1 Å². The van der Waals surface area contributed by atoms with Gasteiger partial charge in [-0.2, -0.15) is 0 Å². The van der Waals surface area contributed by atoms with Crippen LogP contribution in [0.15, 0.2) is 6.20 Å². The van der Waals surface area contributed by atoms with Crippen molar-refractivity contribution in [1.82, 2.24) is 20.2 Å². The number of likely N-dealkylation sites (tertiary alicyclic amines) is 1. The van der Waals surface area contributed by atoms with E-state index in [0.29, 0.717) is 25.6 Å². The van der Waals surface area contributed by atoms with Gasteiger partial charge in [0.05, 0.1) is 17.7 Å². The Morgan fingerprint density at radius 3 is 2.32 bits per heavy atom. The first kappa shape index (κ1) is 24.5. The number of nitrogens with zero attached hydrogens (tertiary/aromatic N) is 3. The number of rotatable bonds is 2. The first-order valence-corrected chi connectivity index (χ1v) is 10.2. The van der Waals surface area contributed by atoms with Crippen LogP contribution in [-0.2, 0) is 26.2 Å². The highest BCUT2D eigenvalue weighted by Crippen LogP contribution is 2.44. The number of nitrogens with two attached hydrogens (primary N) is 1. The number of aryl methyl sites for hydroxylation is 1. The molecule has 2 fully saturated rings. The number of nitrogen functional groups attached to an aromatic ring is 1. The molecule has 11 nitrogen and oxygen atoms in total. The highest BCUT2D eigenvalue weighted by atomic mass is 16.4. The lowest BCUT2D eigenvalue weighted by atomic mass is 9.75. The number of piperidine rings is 1. The van der Waals surface area contributed by atoms with E-state index in [1.165, 1.54) is 0 Å². The second-order valence-electron chi connectivity index (χ2n) is 8.29. The second-order valence-corrected chi connectivity index (χ2v) is 8.29. The lowest BCUT2D eigenvalue weighted by Gasteiger charge is -2.47. The lowest BCUT2D eigenvalue weighted by molar-refractivity contribution is -0.150. The fourth-order valence-corrected chi connectivity index (χ4v) is 4.35. The van der Waals surface area contributed by atoms with Gasteiger partial charge in [0.25, 0.3) is 11.9 Å². The number of carboxylic acids is 2. The van der Waals surface area contributed by atoms with Gasteiger partial charge in [-0.3, -0.25) is 14.4 Å². The Morgan fingerprint density at radius 2 is 1.81 bits per heavy atom. The summed E-state index contributed by atoms with van der Waals surface area (Å²) in [5.41, 5.74) is 7.28. The summed E-state index contributed by atoms with van der Waals surface area (Å²) in [6.07, 6.45) is 5.77. The Bertz CT molecular complexity index is 799. The van der Waals surface area contributed by atoms with Crippen LogP contribution in [0.25, 0.3) is 0 Å². The van der Waals surface area contributed by atoms with Crippen LogP contribution in [0.2, 0.25) is 0 Å². The lowest BCUT2D eigenvalue weighted by Crippen LogP contribution is -2.65. The van der Waals surface area contributed by atoms with Gasteiger partial charge >= 0.3 is 0 Å². The topological polar surface area (TPSA) is 179 Å². The summed E-state index contributed by atoms with van der Waals surface area (Å²) in [7, 11) is 0. The van der Waals surface area contributed by atoms with Gasteiger partial charge in [-0.25, -0.2) is 9.97 Å². The van der Waals surface area contributed by atoms with Crippen molar-refractivity contribution >= 4 is 23.8 Å². The molecule has 6 N–H and O–H groups in total. The van der Waals surface area contributed by atoms with Crippen LogP contribution >= 0.6 is 0 Å². The van der Waals surface area contributed by atoms with Gasteiger partial charge in [0, 0.05) is 51.6 Å². The summed E-state index contributed by atoms with van der Waals surface area (Å²) in [5.74, 6) is -1.28.